The Morgan fingerprint density at radius 3 is 2.35 bits per heavy atom. The van der Waals surface area contributed by atoms with Crippen LogP contribution >= 0.6 is 0 Å². The van der Waals surface area contributed by atoms with Crippen LogP contribution < -0.4 is 11.1 Å². The Hall–Kier alpha value is -1.40. The van der Waals surface area contributed by atoms with Gasteiger partial charge in [0.2, 0.25) is 0 Å². The van der Waals surface area contributed by atoms with Gasteiger partial charge < -0.3 is 11.1 Å². The van der Waals surface area contributed by atoms with Crippen molar-refractivity contribution in [2.45, 2.75) is 37.1 Å². The van der Waals surface area contributed by atoms with Crippen LogP contribution in [0.4, 0.5) is 0 Å². The van der Waals surface area contributed by atoms with Crippen molar-refractivity contribution in [1.82, 2.24) is 5.32 Å². The van der Waals surface area contributed by atoms with Crippen molar-refractivity contribution >= 4 is 15.7 Å². The molecule has 0 saturated carbocycles. The average Bonchev–Trinajstić information content (AvgIpc) is 2.44. The Bertz CT molecular complexity index is 570. The van der Waals surface area contributed by atoms with Gasteiger partial charge >= 0.3 is 0 Å². The summed E-state index contributed by atoms with van der Waals surface area (Å²) in [4.78, 5) is 12.4. The molecular formula is C14H22N2O3S. The zero-order valence-electron chi connectivity index (χ0n) is 12.1. The van der Waals surface area contributed by atoms with Crippen molar-refractivity contribution < 1.29 is 13.2 Å². The van der Waals surface area contributed by atoms with Crippen molar-refractivity contribution in [3.8, 4) is 0 Å². The van der Waals surface area contributed by atoms with Crippen LogP contribution in [0.25, 0.3) is 0 Å². The molecule has 1 amide bonds. The third-order valence-electron chi connectivity index (χ3n) is 3.65. The van der Waals surface area contributed by atoms with E-state index in [4.69, 9.17) is 5.73 Å². The van der Waals surface area contributed by atoms with Gasteiger partial charge in [0.15, 0.2) is 9.84 Å². The van der Waals surface area contributed by atoms with Gasteiger partial charge in [-0.2, -0.15) is 0 Å². The molecule has 1 rings (SSSR count). The quantitative estimate of drug-likeness (QED) is 0.829. The lowest BCUT2D eigenvalue weighted by molar-refractivity contribution is 0.0895. The van der Waals surface area contributed by atoms with E-state index in [1.807, 2.05) is 13.8 Å². The van der Waals surface area contributed by atoms with Crippen molar-refractivity contribution in [2.75, 3.05) is 12.8 Å². The number of nitrogens with one attached hydrogen (secondary N) is 1. The maximum Gasteiger partial charge on any atom is 0.251 e. The number of nitrogens with two attached hydrogens (primary N) is 1. The van der Waals surface area contributed by atoms with Crippen LogP contribution in [0.3, 0.4) is 0 Å². The second-order valence-corrected chi connectivity index (χ2v) is 6.96. The van der Waals surface area contributed by atoms with Gasteiger partial charge in [0.05, 0.1) is 10.4 Å². The lowest BCUT2D eigenvalue weighted by atomic mass is 9.92. The summed E-state index contributed by atoms with van der Waals surface area (Å²) in [7, 11) is -3.32. The fraction of sp³-hybridized carbons (Fsp3) is 0.500. The minimum Gasteiger partial charge on any atom is -0.345 e. The van der Waals surface area contributed by atoms with Crippen molar-refractivity contribution in [1.29, 1.82) is 0 Å². The number of rotatable bonds is 6. The molecule has 0 atom stereocenters. The number of sulfone groups is 1. The molecule has 0 fully saturated rings. The summed E-state index contributed by atoms with van der Waals surface area (Å²) in [6.45, 7) is 4.27. The lowest BCUT2D eigenvalue weighted by Crippen LogP contribution is -2.52. The van der Waals surface area contributed by atoms with Gasteiger partial charge in [-0.25, -0.2) is 8.42 Å². The van der Waals surface area contributed by atoms with Gasteiger partial charge in [-0.05, 0) is 31.0 Å². The summed E-state index contributed by atoms with van der Waals surface area (Å²) in [6.07, 6.45) is 2.56. The largest absolute Gasteiger partial charge is 0.345 e. The first kappa shape index (κ1) is 16.7. The van der Waals surface area contributed by atoms with E-state index in [9.17, 15) is 13.2 Å². The predicted molar refractivity (Wildman–Crippen MR) is 79.4 cm³/mol. The standard InChI is InChI=1S/C14H22N2O3S/c1-4-14(5-2,10-15)16-13(17)11-7-6-8-12(9-11)20(3,18)19/h6-9H,4-5,10,15H2,1-3H3,(H,16,17). The number of carbonyl (C=O) groups is 1. The summed E-state index contributed by atoms with van der Waals surface area (Å²) in [5.74, 6) is -0.301. The van der Waals surface area contributed by atoms with Crippen molar-refractivity contribution in [3.05, 3.63) is 29.8 Å². The topological polar surface area (TPSA) is 89.3 Å². The third kappa shape index (κ3) is 3.80. The second-order valence-electron chi connectivity index (χ2n) is 4.95. The number of amides is 1. The first-order valence-electron chi connectivity index (χ1n) is 6.60. The monoisotopic (exact) mass is 298 g/mol. The van der Waals surface area contributed by atoms with Crippen LogP contribution in [0.1, 0.15) is 37.0 Å². The van der Waals surface area contributed by atoms with E-state index in [0.29, 0.717) is 12.1 Å². The van der Waals surface area contributed by atoms with Crippen LogP contribution in [0, 0.1) is 0 Å². The third-order valence-corrected chi connectivity index (χ3v) is 4.76. The molecule has 20 heavy (non-hydrogen) atoms. The number of benzene rings is 1. The number of hydrogen-bond acceptors (Lipinski definition) is 4. The Kier molecular flexibility index (Phi) is 5.30. The Morgan fingerprint density at radius 1 is 1.30 bits per heavy atom. The molecule has 0 aliphatic heterocycles. The Morgan fingerprint density at radius 2 is 1.90 bits per heavy atom. The van der Waals surface area contributed by atoms with E-state index in [1.165, 1.54) is 12.1 Å². The molecule has 0 saturated heterocycles. The smallest absolute Gasteiger partial charge is 0.251 e. The van der Waals surface area contributed by atoms with Gasteiger partial charge in [-0.15, -0.1) is 0 Å². The average molecular weight is 298 g/mol. The summed E-state index contributed by atoms with van der Waals surface area (Å²) < 4.78 is 23.0. The molecule has 0 bridgehead atoms. The summed E-state index contributed by atoms with van der Waals surface area (Å²) in [5, 5.41) is 2.92. The first-order valence-corrected chi connectivity index (χ1v) is 8.50. The van der Waals surface area contributed by atoms with Gasteiger partial charge in [0, 0.05) is 18.4 Å². The zero-order chi connectivity index (χ0) is 15.4. The molecule has 6 heteroatoms. The number of hydrogen-bond donors (Lipinski definition) is 2. The van der Waals surface area contributed by atoms with E-state index < -0.39 is 15.4 Å². The summed E-state index contributed by atoms with van der Waals surface area (Å²) in [6, 6.07) is 6.02. The Balaban J connectivity index is 3.05. The molecule has 112 valence electrons. The number of carbonyl (C=O) groups excluding carboxylic acids is 1. The molecule has 1 aromatic rings. The molecule has 0 aliphatic carbocycles. The van der Waals surface area contributed by atoms with Crippen LogP contribution in [-0.2, 0) is 9.84 Å². The second kappa shape index (κ2) is 6.37. The van der Waals surface area contributed by atoms with E-state index in [1.54, 1.807) is 12.1 Å². The fourth-order valence-electron chi connectivity index (χ4n) is 1.95. The van der Waals surface area contributed by atoms with Gasteiger partial charge in [-0.1, -0.05) is 19.9 Å². The van der Waals surface area contributed by atoms with Gasteiger partial charge in [0.1, 0.15) is 0 Å². The molecule has 0 spiro atoms. The van der Waals surface area contributed by atoms with Gasteiger partial charge in [0.25, 0.3) is 5.91 Å². The first-order chi connectivity index (χ1) is 9.28. The molecule has 0 radical (unpaired) electrons. The highest BCUT2D eigenvalue weighted by Crippen LogP contribution is 2.16. The van der Waals surface area contributed by atoms with Crippen molar-refractivity contribution in [2.24, 2.45) is 5.73 Å². The molecule has 1 aromatic carbocycles. The maximum atomic E-state index is 12.3. The van der Waals surface area contributed by atoms with Crippen molar-refractivity contribution in [3.63, 3.8) is 0 Å². The molecule has 3 N–H and O–H groups in total. The molecular weight excluding hydrogens is 276 g/mol. The SMILES string of the molecule is CCC(CC)(CN)NC(=O)c1cccc(S(C)(=O)=O)c1. The van der Waals surface area contributed by atoms with Crippen LogP contribution in [0.2, 0.25) is 0 Å². The van der Waals surface area contributed by atoms with E-state index in [0.717, 1.165) is 19.1 Å². The van der Waals surface area contributed by atoms with E-state index in [-0.39, 0.29) is 10.8 Å². The fourth-order valence-corrected chi connectivity index (χ4v) is 2.61. The lowest BCUT2D eigenvalue weighted by Gasteiger charge is -2.31. The molecule has 0 aliphatic rings. The summed E-state index contributed by atoms with van der Waals surface area (Å²) in [5.41, 5.74) is 5.62. The zero-order valence-corrected chi connectivity index (χ0v) is 13.0. The molecule has 0 aromatic heterocycles. The normalized spacial score (nSPS) is 12.2. The highest BCUT2D eigenvalue weighted by Gasteiger charge is 2.27. The van der Waals surface area contributed by atoms with E-state index >= 15 is 0 Å². The highest BCUT2D eigenvalue weighted by atomic mass is 32.2. The van der Waals surface area contributed by atoms with Crippen LogP contribution in [-0.4, -0.2) is 32.7 Å². The van der Waals surface area contributed by atoms with E-state index in [2.05, 4.69) is 5.32 Å². The molecule has 0 heterocycles. The molecule has 0 unspecified atom stereocenters. The minimum absolute atomic E-state index is 0.136. The van der Waals surface area contributed by atoms with Gasteiger partial charge in [-0.3, -0.25) is 4.79 Å². The highest BCUT2D eigenvalue weighted by molar-refractivity contribution is 7.90. The molecule has 5 nitrogen and oxygen atoms in total. The van der Waals surface area contributed by atoms with Crippen LogP contribution in [0.5, 0.6) is 0 Å². The maximum absolute atomic E-state index is 12.3. The summed E-state index contributed by atoms with van der Waals surface area (Å²) >= 11 is 0. The minimum atomic E-state index is -3.32. The Labute approximate surface area is 120 Å². The van der Waals surface area contributed by atoms with Crippen LogP contribution in [0.15, 0.2) is 29.2 Å². The predicted octanol–water partition coefficient (Wildman–Crippen LogP) is 1.34.